The maximum Gasteiger partial charge on any atom is 0.313 e. The van der Waals surface area contributed by atoms with Gasteiger partial charge in [-0.15, -0.1) is 0 Å². The Balaban J connectivity index is 1.52. The first-order chi connectivity index (χ1) is 13.5. The molecule has 1 fully saturated rings. The Labute approximate surface area is 162 Å². The number of amides is 2. The molecule has 9 nitrogen and oxygen atoms in total. The Morgan fingerprint density at radius 1 is 1.18 bits per heavy atom. The molecule has 148 valence electrons. The molecular weight excluding hydrogens is 362 g/mol. The second kappa shape index (κ2) is 9.25. The highest BCUT2D eigenvalue weighted by Crippen LogP contribution is 2.14. The number of ketones is 1. The van der Waals surface area contributed by atoms with Crippen molar-refractivity contribution in [1.82, 2.24) is 19.8 Å². The van der Waals surface area contributed by atoms with E-state index in [1.807, 2.05) is 0 Å². The van der Waals surface area contributed by atoms with Gasteiger partial charge < -0.3 is 19.9 Å². The molecule has 1 aromatic heterocycles. The van der Waals surface area contributed by atoms with Crippen LogP contribution >= 0.6 is 0 Å². The molecule has 0 radical (unpaired) electrons. The molecule has 2 aromatic rings. The highest BCUT2D eigenvalue weighted by atomic mass is 16.5. The average molecular weight is 385 g/mol. The number of carbonyl (C=O) groups is 3. The molecule has 1 saturated heterocycles. The molecule has 0 atom stereocenters. The smallest absolute Gasteiger partial charge is 0.313 e. The Morgan fingerprint density at radius 2 is 1.96 bits per heavy atom. The lowest BCUT2D eigenvalue weighted by Crippen LogP contribution is -2.43. The van der Waals surface area contributed by atoms with E-state index in [0.29, 0.717) is 43.4 Å². The number of morpholine rings is 1. The van der Waals surface area contributed by atoms with Crippen molar-refractivity contribution in [3.8, 4) is 0 Å². The lowest BCUT2D eigenvalue weighted by atomic mass is 10.1. The number of nitrogens with zero attached hydrogens (tertiary/aromatic N) is 3. The molecule has 1 aliphatic rings. The Hall–Kier alpha value is -3.04. The van der Waals surface area contributed by atoms with Gasteiger partial charge in [-0.2, -0.15) is 0 Å². The second-order valence-electron chi connectivity index (χ2n) is 6.44. The van der Waals surface area contributed by atoms with Gasteiger partial charge in [0.1, 0.15) is 0 Å². The molecule has 0 unspecified atom stereocenters. The van der Waals surface area contributed by atoms with E-state index in [2.05, 4.69) is 20.5 Å². The monoisotopic (exact) mass is 385 g/mol. The molecule has 1 aliphatic heterocycles. The van der Waals surface area contributed by atoms with Crippen molar-refractivity contribution >= 4 is 23.3 Å². The Bertz CT molecular complexity index is 858. The lowest BCUT2D eigenvalue weighted by Gasteiger charge is -2.26. The van der Waals surface area contributed by atoms with Gasteiger partial charge in [-0.05, 0) is 12.1 Å². The summed E-state index contributed by atoms with van der Waals surface area (Å²) >= 11 is 0. The number of rotatable bonds is 6. The van der Waals surface area contributed by atoms with E-state index in [9.17, 15) is 14.4 Å². The quantitative estimate of drug-likeness (QED) is 0.537. The van der Waals surface area contributed by atoms with Gasteiger partial charge in [0.15, 0.2) is 5.82 Å². The van der Waals surface area contributed by atoms with Crippen LogP contribution < -0.4 is 10.6 Å². The molecule has 3 rings (SSSR count). The van der Waals surface area contributed by atoms with Crippen LogP contribution in [0.25, 0.3) is 0 Å². The van der Waals surface area contributed by atoms with E-state index < -0.39 is 11.8 Å². The van der Waals surface area contributed by atoms with Crippen molar-refractivity contribution in [3.63, 3.8) is 0 Å². The summed E-state index contributed by atoms with van der Waals surface area (Å²) in [6, 6.07) is 6.42. The summed E-state index contributed by atoms with van der Waals surface area (Å²) in [6.45, 7) is 4.04. The fraction of sp³-hybridized carbons (Fsp3) is 0.368. The third-order valence-corrected chi connectivity index (χ3v) is 4.43. The normalized spacial score (nSPS) is 14.5. The number of imidazole rings is 1. The van der Waals surface area contributed by atoms with Crippen LogP contribution in [-0.2, 0) is 21.4 Å². The van der Waals surface area contributed by atoms with E-state index in [4.69, 9.17) is 4.74 Å². The molecule has 28 heavy (non-hydrogen) atoms. The largest absolute Gasteiger partial charge is 0.379 e. The van der Waals surface area contributed by atoms with Gasteiger partial charge in [0.05, 0.1) is 13.2 Å². The molecule has 0 bridgehead atoms. The van der Waals surface area contributed by atoms with Crippen LogP contribution in [0.5, 0.6) is 0 Å². The molecule has 0 saturated carbocycles. The van der Waals surface area contributed by atoms with Crippen molar-refractivity contribution in [2.45, 2.75) is 0 Å². The van der Waals surface area contributed by atoms with Crippen molar-refractivity contribution in [2.75, 3.05) is 44.7 Å². The number of hydrogen-bond acceptors (Lipinski definition) is 6. The first kappa shape index (κ1) is 19.7. The zero-order chi connectivity index (χ0) is 19.9. The number of carbonyl (C=O) groups excluding carboxylic acids is 3. The Kier molecular flexibility index (Phi) is 6.51. The van der Waals surface area contributed by atoms with Gasteiger partial charge in [0.25, 0.3) is 0 Å². The van der Waals surface area contributed by atoms with Gasteiger partial charge in [-0.25, -0.2) is 4.98 Å². The number of hydrogen-bond donors (Lipinski definition) is 2. The van der Waals surface area contributed by atoms with Crippen molar-refractivity contribution < 1.29 is 19.1 Å². The molecule has 2 heterocycles. The third kappa shape index (κ3) is 5.02. The van der Waals surface area contributed by atoms with Crippen LogP contribution in [0.4, 0.5) is 5.69 Å². The summed E-state index contributed by atoms with van der Waals surface area (Å²) in [4.78, 5) is 42.8. The van der Waals surface area contributed by atoms with Crippen molar-refractivity contribution in [3.05, 3.63) is 48.0 Å². The number of aryl methyl sites for hydroxylation is 1. The first-order valence-electron chi connectivity index (χ1n) is 9.06. The molecular formula is C19H23N5O4. The second-order valence-corrected chi connectivity index (χ2v) is 6.44. The summed E-state index contributed by atoms with van der Waals surface area (Å²) in [6.07, 6.45) is 3.22. The fourth-order valence-corrected chi connectivity index (χ4v) is 2.87. The minimum atomic E-state index is -0.774. The molecule has 2 amide bonds. The summed E-state index contributed by atoms with van der Waals surface area (Å²) < 4.78 is 6.89. The van der Waals surface area contributed by atoms with Crippen molar-refractivity contribution in [2.24, 2.45) is 7.05 Å². The number of benzene rings is 1. The number of aromatic nitrogens is 2. The number of ether oxygens (including phenoxy) is 1. The summed E-state index contributed by atoms with van der Waals surface area (Å²) in [5.74, 6) is -1.46. The molecule has 0 aliphatic carbocycles. The minimum Gasteiger partial charge on any atom is -0.379 e. The maximum atomic E-state index is 12.5. The lowest BCUT2D eigenvalue weighted by molar-refractivity contribution is -0.136. The minimum absolute atomic E-state index is 0.265. The predicted octanol–water partition coefficient (Wildman–Crippen LogP) is 0.0380. The summed E-state index contributed by atoms with van der Waals surface area (Å²) in [5, 5.41) is 5.12. The number of anilines is 1. The zero-order valence-corrected chi connectivity index (χ0v) is 15.7. The summed E-state index contributed by atoms with van der Waals surface area (Å²) in [7, 11) is 1.73. The highest BCUT2D eigenvalue weighted by molar-refractivity contribution is 6.39. The van der Waals surface area contributed by atoms with Crippen LogP contribution in [0, 0.1) is 0 Å². The highest BCUT2D eigenvalue weighted by Gasteiger charge is 2.17. The number of nitrogens with one attached hydrogen (secondary N) is 2. The van der Waals surface area contributed by atoms with E-state index >= 15 is 0 Å². The molecule has 0 spiro atoms. The van der Waals surface area contributed by atoms with Crippen LogP contribution in [-0.4, -0.2) is 71.4 Å². The van der Waals surface area contributed by atoms with Gasteiger partial charge >= 0.3 is 11.8 Å². The van der Waals surface area contributed by atoms with E-state index in [1.165, 1.54) is 6.07 Å². The fourth-order valence-electron chi connectivity index (χ4n) is 2.87. The molecule has 1 aromatic carbocycles. The summed E-state index contributed by atoms with van der Waals surface area (Å²) in [5.41, 5.74) is 0.744. The van der Waals surface area contributed by atoms with Crippen LogP contribution in [0.3, 0.4) is 0 Å². The van der Waals surface area contributed by atoms with Gasteiger partial charge in [0, 0.05) is 56.9 Å². The van der Waals surface area contributed by atoms with Crippen LogP contribution in [0.1, 0.15) is 16.2 Å². The average Bonchev–Trinajstić information content (AvgIpc) is 3.14. The van der Waals surface area contributed by atoms with Gasteiger partial charge in [-0.3, -0.25) is 19.3 Å². The third-order valence-electron chi connectivity index (χ3n) is 4.43. The topological polar surface area (TPSA) is 106 Å². The van der Waals surface area contributed by atoms with E-state index in [1.54, 1.807) is 42.2 Å². The Morgan fingerprint density at radius 3 is 2.68 bits per heavy atom. The van der Waals surface area contributed by atoms with Crippen LogP contribution in [0.2, 0.25) is 0 Å². The zero-order valence-electron chi connectivity index (χ0n) is 15.7. The van der Waals surface area contributed by atoms with Crippen molar-refractivity contribution in [1.29, 1.82) is 0 Å². The predicted molar refractivity (Wildman–Crippen MR) is 102 cm³/mol. The standard InChI is InChI=1S/C19H23N5O4/c1-23-7-5-20-17(23)16(25)14-3-2-4-15(13-14)22-19(27)18(26)21-6-8-24-9-11-28-12-10-24/h2-5,7,13H,6,8-12H2,1H3,(H,21,26)(H,22,27). The SMILES string of the molecule is Cn1ccnc1C(=O)c1cccc(NC(=O)C(=O)NCCN2CCOCC2)c1. The maximum absolute atomic E-state index is 12.5. The van der Waals surface area contributed by atoms with E-state index in [-0.39, 0.29) is 5.78 Å². The van der Waals surface area contributed by atoms with Gasteiger partial charge in [0.2, 0.25) is 5.78 Å². The van der Waals surface area contributed by atoms with Gasteiger partial charge in [-0.1, -0.05) is 12.1 Å². The van der Waals surface area contributed by atoms with E-state index in [0.717, 1.165) is 13.1 Å². The molecule has 2 N–H and O–H groups in total. The molecule has 9 heteroatoms. The first-order valence-corrected chi connectivity index (χ1v) is 9.06. The van der Waals surface area contributed by atoms with Crippen LogP contribution in [0.15, 0.2) is 36.7 Å².